The van der Waals surface area contributed by atoms with Gasteiger partial charge < -0.3 is 14.7 Å². The van der Waals surface area contributed by atoms with Gasteiger partial charge in [0, 0.05) is 56.1 Å². The number of aromatic nitrogens is 2. The highest BCUT2D eigenvalue weighted by molar-refractivity contribution is 5.96. The molecule has 2 aromatic carbocycles. The third kappa shape index (κ3) is 5.02. The van der Waals surface area contributed by atoms with Crippen molar-refractivity contribution in [2.24, 2.45) is 0 Å². The highest BCUT2D eigenvalue weighted by atomic mass is 16.2. The molecule has 5 rings (SSSR count). The Balaban J connectivity index is 1.27. The van der Waals surface area contributed by atoms with Crippen LogP contribution in [0.5, 0.6) is 0 Å². The molecule has 2 amide bonds. The minimum atomic E-state index is -0.0295. The van der Waals surface area contributed by atoms with E-state index in [-0.39, 0.29) is 23.9 Å². The number of benzene rings is 2. The molecule has 1 saturated heterocycles. The molecule has 0 saturated carbocycles. The van der Waals surface area contributed by atoms with E-state index in [1.54, 1.807) is 0 Å². The van der Waals surface area contributed by atoms with Crippen molar-refractivity contribution in [3.05, 3.63) is 87.9 Å². The molecule has 2 heterocycles. The molecule has 0 spiro atoms. The quantitative estimate of drug-likeness (QED) is 0.487. The van der Waals surface area contributed by atoms with E-state index in [2.05, 4.69) is 20.9 Å². The van der Waals surface area contributed by atoms with E-state index in [1.807, 2.05) is 87.1 Å². The maximum atomic E-state index is 13.6. The van der Waals surface area contributed by atoms with Crippen LogP contribution < -0.4 is 4.90 Å². The molecule has 7 heteroatoms. The second kappa shape index (κ2) is 10.6. The topological polar surface area (TPSA) is 69.6 Å². The second-order valence-corrected chi connectivity index (χ2v) is 10.7. The van der Waals surface area contributed by atoms with Crippen molar-refractivity contribution in [2.45, 2.75) is 58.5 Å². The lowest BCUT2D eigenvalue weighted by atomic mass is 9.99. The fourth-order valence-corrected chi connectivity index (χ4v) is 5.97. The summed E-state index contributed by atoms with van der Waals surface area (Å²) in [5.41, 5.74) is 5.70. The molecule has 0 radical (unpaired) electrons. The van der Waals surface area contributed by atoms with Gasteiger partial charge in [0.25, 0.3) is 11.8 Å². The molecule has 7 nitrogen and oxygen atoms in total. The number of nitrogens with zero attached hydrogens (tertiary/aromatic N) is 5. The number of piperidine rings is 1. The van der Waals surface area contributed by atoms with Crippen LogP contribution in [-0.2, 0) is 6.42 Å². The van der Waals surface area contributed by atoms with Crippen LogP contribution in [0.2, 0.25) is 0 Å². The predicted octanol–water partition coefficient (Wildman–Crippen LogP) is 4.90. The molecule has 1 aromatic heterocycles. The summed E-state index contributed by atoms with van der Waals surface area (Å²) in [6, 6.07) is 15.9. The zero-order valence-electron chi connectivity index (χ0n) is 23.1. The van der Waals surface area contributed by atoms with Gasteiger partial charge in [0.05, 0.1) is 6.04 Å². The Hall–Kier alpha value is -3.74. The Morgan fingerprint density at radius 2 is 1.61 bits per heavy atom. The second-order valence-electron chi connectivity index (χ2n) is 10.7. The lowest BCUT2D eigenvalue weighted by molar-refractivity contribution is 0.0709. The summed E-state index contributed by atoms with van der Waals surface area (Å²) in [6.07, 6.45) is 3.57. The number of carbonyl (C=O) groups is 2. The minimum absolute atomic E-state index is 0.0237. The van der Waals surface area contributed by atoms with Crippen LogP contribution in [0.1, 0.15) is 74.2 Å². The largest absolute Gasteiger partial charge is 0.356 e. The molecule has 38 heavy (non-hydrogen) atoms. The van der Waals surface area contributed by atoms with Crippen LogP contribution >= 0.6 is 0 Å². The third-order valence-corrected chi connectivity index (χ3v) is 8.21. The summed E-state index contributed by atoms with van der Waals surface area (Å²) >= 11 is 0. The average Bonchev–Trinajstić information content (AvgIpc) is 3.34. The van der Waals surface area contributed by atoms with Gasteiger partial charge in [0.2, 0.25) is 0 Å². The number of fused-ring (bicyclic) bond motifs is 1. The molecular formula is C31H37N5O2. The maximum Gasteiger partial charge on any atom is 0.254 e. The first-order valence-electron chi connectivity index (χ1n) is 13.5. The minimum Gasteiger partial charge on any atom is -0.356 e. The summed E-state index contributed by atoms with van der Waals surface area (Å²) in [7, 11) is 3.80. The normalized spacial score (nSPS) is 17.3. The van der Waals surface area contributed by atoms with Gasteiger partial charge in [-0.1, -0.05) is 24.3 Å². The van der Waals surface area contributed by atoms with E-state index in [4.69, 9.17) is 0 Å². The van der Waals surface area contributed by atoms with Crippen LogP contribution in [-0.4, -0.2) is 64.8 Å². The van der Waals surface area contributed by atoms with Crippen LogP contribution in [0.15, 0.2) is 48.5 Å². The molecule has 1 aliphatic carbocycles. The standard InChI is InChI=1S/C31H37N5O2/c1-20-8-6-7-9-26(20)31(38)35(5)28-13-12-23-10-11-24(19-27(23)28)30(37)34(4)25-14-16-36(17-15-25)29-18-21(2)32-22(3)33-29/h6-11,18-19,25,28H,12-17H2,1-5H3. The van der Waals surface area contributed by atoms with Crippen molar-refractivity contribution in [1.29, 1.82) is 0 Å². The van der Waals surface area contributed by atoms with Crippen LogP contribution in [0.3, 0.4) is 0 Å². The van der Waals surface area contributed by atoms with Crippen molar-refractivity contribution in [3.8, 4) is 0 Å². The Morgan fingerprint density at radius 3 is 2.32 bits per heavy atom. The summed E-state index contributed by atoms with van der Waals surface area (Å²) in [5, 5.41) is 0. The van der Waals surface area contributed by atoms with Gasteiger partial charge in [-0.2, -0.15) is 0 Å². The monoisotopic (exact) mass is 511 g/mol. The van der Waals surface area contributed by atoms with Crippen molar-refractivity contribution < 1.29 is 9.59 Å². The van der Waals surface area contributed by atoms with Crippen LogP contribution in [0.4, 0.5) is 5.82 Å². The zero-order valence-corrected chi connectivity index (χ0v) is 23.1. The molecule has 0 bridgehead atoms. The average molecular weight is 512 g/mol. The lowest BCUT2D eigenvalue weighted by Gasteiger charge is -2.37. The molecule has 1 aliphatic heterocycles. The van der Waals surface area contributed by atoms with Crippen molar-refractivity contribution in [3.63, 3.8) is 0 Å². The van der Waals surface area contributed by atoms with E-state index in [1.165, 1.54) is 5.56 Å². The molecule has 0 N–H and O–H groups in total. The number of hydrogen-bond acceptors (Lipinski definition) is 5. The van der Waals surface area contributed by atoms with Crippen molar-refractivity contribution in [1.82, 2.24) is 19.8 Å². The van der Waals surface area contributed by atoms with E-state index < -0.39 is 0 Å². The van der Waals surface area contributed by atoms with Crippen LogP contribution in [0.25, 0.3) is 0 Å². The summed E-state index contributed by atoms with van der Waals surface area (Å²) in [6.45, 7) is 7.60. The number of carbonyl (C=O) groups excluding carboxylic acids is 2. The first-order valence-corrected chi connectivity index (χ1v) is 13.5. The van der Waals surface area contributed by atoms with E-state index >= 15 is 0 Å². The molecule has 1 fully saturated rings. The number of amides is 2. The number of aryl methyl sites for hydroxylation is 4. The molecule has 198 valence electrons. The Bertz CT molecular complexity index is 1340. The third-order valence-electron chi connectivity index (χ3n) is 8.21. The van der Waals surface area contributed by atoms with E-state index in [9.17, 15) is 9.59 Å². The first-order chi connectivity index (χ1) is 18.2. The fraction of sp³-hybridized carbons (Fsp3) is 0.419. The predicted molar refractivity (Wildman–Crippen MR) is 150 cm³/mol. The highest BCUT2D eigenvalue weighted by Gasteiger charge is 2.32. The van der Waals surface area contributed by atoms with Crippen molar-refractivity contribution in [2.75, 3.05) is 32.1 Å². The summed E-state index contributed by atoms with van der Waals surface area (Å²) < 4.78 is 0. The van der Waals surface area contributed by atoms with Crippen LogP contribution in [0, 0.1) is 20.8 Å². The smallest absolute Gasteiger partial charge is 0.254 e. The van der Waals surface area contributed by atoms with Gasteiger partial charge in [-0.25, -0.2) is 9.97 Å². The number of anilines is 1. The Kier molecular flexibility index (Phi) is 7.19. The van der Waals surface area contributed by atoms with Crippen molar-refractivity contribution >= 4 is 17.6 Å². The number of rotatable bonds is 5. The van der Waals surface area contributed by atoms with Gasteiger partial charge in [-0.05, 0) is 81.3 Å². The number of hydrogen-bond donors (Lipinski definition) is 0. The summed E-state index contributed by atoms with van der Waals surface area (Å²) in [5.74, 6) is 1.82. The highest BCUT2D eigenvalue weighted by Crippen LogP contribution is 2.37. The van der Waals surface area contributed by atoms with Gasteiger partial charge >= 0.3 is 0 Å². The Labute approximate surface area is 225 Å². The molecule has 1 atom stereocenters. The summed E-state index contributed by atoms with van der Waals surface area (Å²) in [4.78, 5) is 41.9. The van der Waals surface area contributed by atoms with Gasteiger partial charge in [0.15, 0.2) is 0 Å². The molecule has 3 aromatic rings. The SMILES string of the molecule is Cc1cc(N2CCC(N(C)C(=O)c3ccc4c(c3)C(N(C)C(=O)c3ccccc3C)CC4)CC2)nc(C)n1. The van der Waals surface area contributed by atoms with E-state index in [0.29, 0.717) is 5.56 Å². The fourth-order valence-electron chi connectivity index (χ4n) is 5.97. The van der Waals surface area contributed by atoms with Gasteiger partial charge in [-0.15, -0.1) is 0 Å². The maximum absolute atomic E-state index is 13.6. The zero-order chi connectivity index (χ0) is 27.0. The molecule has 2 aliphatic rings. The molecular weight excluding hydrogens is 474 g/mol. The van der Waals surface area contributed by atoms with Gasteiger partial charge in [0.1, 0.15) is 11.6 Å². The van der Waals surface area contributed by atoms with E-state index in [0.717, 1.165) is 72.8 Å². The molecule has 1 unspecified atom stereocenters. The van der Waals surface area contributed by atoms with Gasteiger partial charge in [-0.3, -0.25) is 9.59 Å². The Morgan fingerprint density at radius 1 is 0.868 bits per heavy atom. The lowest BCUT2D eigenvalue weighted by Crippen LogP contribution is -2.46. The first kappa shape index (κ1) is 25.9.